The summed E-state index contributed by atoms with van der Waals surface area (Å²) in [6, 6.07) is 17.0. The average Bonchev–Trinajstić information content (AvgIpc) is 3.54. The van der Waals surface area contributed by atoms with E-state index in [0.717, 1.165) is 42.0 Å². The van der Waals surface area contributed by atoms with Crippen LogP contribution in [-0.2, 0) is 6.54 Å². The molecule has 174 valence electrons. The highest BCUT2D eigenvalue weighted by molar-refractivity contribution is 6.35. The number of anilines is 1. The average molecular weight is 495 g/mol. The zero-order chi connectivity index (χ0) is 23.5. The number of carbonyl (C=O) groups is 1. The van der Waals surface area contributed by atoms with Crippen LogP contribution in [-0.4, -0.2) is 39.6 Å². The van der Waals surface area contributed by atoms with Gasteiger partial charge in [0.2, 0.25) is 0 Å². The predicted octanol–water partition coefficient (Wildman–Crippen LogP) is 4.80. The van der Waals surface area contributed by atoms with Crippen LogP contribution in [0.25, 0.3) is 16.9 Å². The highest BCUT2D eigenvalue weighted by Gasteiger charge is 2.16. The Bertz CT molecular complexity index is 1330. The van der Waals surface area contributed by atoms with E-state index in [1.807, 2.05) is 48.5 Å². The Balaban J connectivity index is 1.38. The molecule has 1 aliphatic heterocycles. The van der Waals surface area contributed by atoms with Gasteiger partial charge in [-0.1, -0.05) is 41.4 Å². The molecule has 1 aliphatic rings. The molecule has 0 radical (unpaired) electrons. The molecule has 1 saturated heterocycles. The van der Waals surface area contributed by atoms with E-state index in [9.17, 15) is 4.79 Å². The van der Waals surface area contributed by atoms with Gasteiger partial charge in [0, 0.05) is 52.4 Å². The highest BCUT2D eigenvalue weighted by atomic mass is 35.5. The second kappa shape index (κ2) is 10.0. The summed E-state index contributed by atoms with van der Waals surface area (Å²) in [6.45, 7) is 2.13. The Hall–Kier alpha value is -3.13. The molecule has 0 bridgehead atoms. The van der Waals surface area contributed by atoms with E-state index in [1.165, 1.54) is 0 Å². The molecule has 1 unspecified atom stereocenters. The molecule has 2 aromatic heterocycles. The molecule has 0 saturated carbocycles. The number of nitrogens with one attached hydrogen (secondary N) is 3. The largest absolute Gasteiger partial charge is 0.366 e. The van der Waals surface area contributed by atoms with Crippen LogP contribution in [0.15, 0.2) is 60.8 Å². The normalized spacial score (nSPS) is 15.5. The summed E-state index contributed by atoms with van der Waals surface area (Å²) in [6.07, 6.45) is 3.94. The quantitative estimate of drug-likeness (QED) is 0.343. The van der Waals surface area contributed by atoms with Crippen molar-refractivity contribution in [2.75, 3.05) is 18.4 Å². The zero-order valence-electron chi connectivity index (χ0n) is 18.4. The van der Waals surface area contributed by atoms with E-state index in [0.29, 0.717) is 40.4 Å². The van der Waals surface area contributed by atoms with Crippen LogP contribution in [0.4, 0.5) is 5.82 Å². The molecule has 4 aromatic rings. The first-order chi connectivity index (χ1) is 16.6. The van der Waals surface area contributed by atoms with E-state index in [1.54, 1.807) is 16.8 Å². The van der Waals surface area contributed by atoms with Crippen molar-refractivity contribution in [1.29, 1.82) is 0 Å². The number of benzene rings is 2. The summed E-state index contributed by atoms with van der Waals surface area (Å²) in [4.78, 5) is 17.5. The maximum Gasteiger partial charge on any atom is 0.251 e. The van der Waals surface area contributed by atoms with E-state index < -0.39 is 0 Å². The second-order valence-corrected chi connectivity index (χ2v) is 9.14. The second-order valence-electron chi connectivity index (χ2n) is 8.30. The molecule has 9 heteroatoms. The Labute approximate surface area is 207 Å². The molecule has 1 atom stereocenters. The van der Waals surface area contributed by atoms with Crippen molar-refractivity contribution >= 4 is 40.6 Å². The fraction of sp³-hybridized carbons (Fsp3) is 0.240. The van der Waals surface area contributed by atoms with Crippen molar-refractivity contribution in [3.05, 3.63) is 82.0 Å². The number of amides is 1. The van der Waals surface area contributed by atoms with Gasteiger partial charge in [-0.25, -0.2) is 4.98 Å². The first kappa shape index (κ1) is 22.7. The van der Waals surface area contributed by atoms with Gasteiger partial charge < -0.3 is 16.0 Å². The van der Waals surface area contributed by atoms with Gasteiger partial charge in [0.15, 0.2) is 5.65 Å². The molecule has 0 aliphatic carbocycles. The van der Waals surface area contributed by atoms with E-state index in [4.69, 9.17) is 28.2 Å². The number of carbonyl (C=O) groups excluding carboxylic acids is 1. The molecule has 7 nitrogen and oxygen atoms in total. The summed E-state index contributed by atoms with van der Waals surface area (Å²) in [5, 5.41) is 15.4. The lowest BCUT2D eigenvalue weighted by molar-refractivity contribution is 0.0950. The van der Waals surface area contributed by atoms with E-state index >= 15 is 0 Å². The Morgan fingerprint density at radius 3 is 2.88 bits per heavy atom. The highest BCUT2D eigenvalue weighted by Crippen LogP contribution is 2.25. The topological polar surface area (TPSA) is 83.4 Å². The van der Waals surface area contributed by atoms with Crippen LogP contribution in [0.5, 0.6) is 0 Å². The molecular formula is C25H24Cl2N6O. The Morgan fingerprint density at radius 1 is 1.15 bits per heavy atom. The predicted molar refractivity (Wildman–Crippen MR) is 136 cm³/mol. The van der Waals surface area contributed by atoms with E-state index in [-0.39, 0.29) is 5.91 Å². The third-order valence-corrected chi connectivity index (χ3v) is 6.51. The smallest absolute Gasteiger partial charge is 0.251 e. The summed E-state index contributed by atoms with van der Waals surface area (Å²) in [5.41, 5.74) is 3.81. The first-order valence-electron chi connectivity index (χ1n) is 11.2. The summed E-state index contributed by atoms with van der Waals surface area (Å²) >= 11 is 12.3. The minimum absolute atomic E-state index is 0.0864. The lowest BCUT2D eigenvalue weighted by Crippen LogP contribution is -2.37. The number of fused-ring (bicyclic) bond motifs is 1. The van der Waals surface area contributed by atoms with Crippen molar-refractivity contribution in [1.82, 2.24) is 25.2 Å². The minimum Gasteiger partial charge on any atom is -0.366 e. The number of rotatable bonds is 7. The van der Waals surface area contributed by atoms with E-state index in [2.05, 4.69) is 21.0 Å². The molecule has 2 aromatic carbocycles. The van der Waals surface area contributed by atoms with Gasteiger partial charge in [-0.2, -0.15) is 9.61 Å². The third kappa shape index (κ3) is 5.01. The molecule has 0 spiro atoms. The van der Waals surface area contributed by atoms with Crippen molar-refractivity contribution in [3.63, 3.8) is 0 Å². The van der Waals surface area contributed by atoms with Crippen LogP contribution in [0.2, 0.25) is 10.0 Å². The van der Waals surface area contributed by atoms with Gasteiger partial charge >= 0.3 is 0 Å². The Kier molecular flexibility index (Phi) is 6.67. The zero-order valence-corrected chi connectivity index (χ0v) is 19.9. The van der Waals surface area contributed by atoms with Crippen molar-refractivity contribution in [3.8, 4) is 11.3 Å². The maximum absolute atomic E-state index is 12.7. The van der Waals surface area contributed by atoms with Crippen LogP contribution in [0.3, 0.4) is 0 Å². The number of hydrogen-bond donors (Lipinski definition) is 3. The molecular weight excluding hydrogens is 471 g/mol. The number of nitrogens with zero attached hydrogens (tertiary/aromatic N) is 3. The number of halogens is 2. The molecule has 1 amide bonds. The number of hydrogen-bond acceptors (Lipinski definition) is 5. The van der Waals surface area contributed by atoms with Gasteiger partial charge in [-0.05, 0) is 49.2 Å². The van der Waals surface area contributed by atoms with Gasteiger partial charge in [0.05, 0.1) is 11.9 Å². The fourth-order valence-electron chi connectivity index (χ4n) is 4.11. The van der Waals surface area contributed by atoms with Crippen molar-refractivity contribution in [2.45, 2.75) is 25.4 Å². The lowest BCUT2D eigenvalue weighted by Gasteiger charge is -2.13. The number of aromatic nitrogens is 3. The van der Waals surface area contributed by atoms with Crippen molar-refractivity contribution < 1.29 is 4.79 Å². The standard InChI is InChI=1S/C25H24Cl2N6O/c26-19-7-6-18(21(27)12-19)14-29-24-13-22(32-23-8-10-31-33(23)24)16-3-1-4-17(11-16)25(34)30-15-20-5-2-9-28-20/h1,3-4,6-8,10-13,20,28-29H,2,5,9,14-15H2,(H,30,34). The maximum atomic E-state index is 12.7. The SMILES string of the molecule is O=C(NCC1CCCN1)c1cccc(-c2cc(NCc3ccc(Cl)cc3Cl)n3nccc3n2)c1. The van der Waals surface area contributed by atoms with Crippen LogP contribution in [0, 0.1) is 0 Å². The molecule has 3 N–H and O–H groups in total. The van der Waals surface area contributed by atoms with Crippen LogP contribution < -0.4 is 16.0 Å². The van der Waals surface area contributed by atoms with Gasteiger partial charge in [-0.3, -0.25) is 4.79 Å². The van der Waals surface area contributed by atoms with Gasteiger partial charge in [-0.15, -0.1) is 0 Å². The first-order valence-corrected chi connectivity index (χ1v) is 12.0. The summed E-state index contributed by atoms with van der Waals surface area (Å²) in [5.74, 6) is 0.676. The Morgan fingerprint density at radius 2 is 2.06 bits per heavy atom. The van der Waals surface area contributed by atoms with Crippen LogP contribution >= 0.6 is 23.2 Å². The molecule has 3 heterocycles. The molecule has 5 rings (SSSR count). The monoisotopic (exact) mass is 494 g/mol. The van der Waals surface area contributed by atoms with Gasteiger partial charge in [0.1, 0.15) is 5.82 Å². The molecule has 1 fully saturated rings. The molecule has 34 heavy (non-hydrogen) atoms. The van der Waals surface area contributed by atoms with Crippen molar-refractivity contribution in [2.24, 2.45) is 0 Å². The lowest BCUT2D eigenvalue weighted by atomic mass is 10.1. The third-order valence-electron chi connectivity index (χ3n) is 5.93. The fourth-order valence-corrected chi connectivity index (χ4v) is 4.58. The minimum atomic E-state index is -0.0864. The summed E-state index contributed by atoms with van der Waals surface area (Å²) < 4.78 is 1.73. The summed E-state index contributed by atoms with van der Waals surface area (Å²) in [7, 11) is 0. The van der Waals surface area contributed by atoms with Crippen LogP contribution in [0.1, 0.15) is 28.8 Å². The van der Waals surface area contributed by atoms with Gasteiger partial charge in [0.25, 0.3) is 5.91 Å².